The number of hydrogen-bond acceptors (Lipinski definition) is 3. The normalized spacial score (nSPS) is 40.0. The fourth-order valence-electron chi connectivity index (χ4n) is 3.80. The van der Waals surface area contributed by atoms with E-state index < -0.39 is 0 Å². The first-order valence-corrected chi connectivity index (χ1v) is 7.44. The van der Waals surface area contributed by atoms with E-state index in [0.717, 1.165) is 24.2 Å². The van der Waals surface area contributed by atoms with Gasteiger partial charge in [-0.25, -0.2) is 0 Å². The van der Waals surface area contributed by atoms with Crippen molar-refractivity contribution >= 4 is 5.91 Å². The molecular formula is C16H17NO3. The summed E-state index contributed by atoms with van der Waals surface area (Å²) in [7, 11) is 0. The molecular weight excluding hydrogens is 254 g/mol. The van der Waals surface area contributed by atoms with Gasteiger partial charge in [-0.15, -0.1) is 0 Å². The maximum absolute atomic E-state index is 12.7. The number of carbonyl (C=O) groups excluding carboxylic acids is 1. The van der Waals surface area contributed by atoms with Gasteiger partial charge in [-0.2, -0.15) is 0 Å². The molecule has 0 N–H and O–H groups in total. The standard InChI is InChI=1S/C16H17NO3/c18-15(16-7-10(16)8-16)17-5-6-19-14-11-3-1-2-4-13(11)20-9-12(14)17/h1-4,10,12,14H,5-9H2. The van der Waals surface area contributed by atoms with Gasteiger partial charge in [-0.05, 0) is 24.8 Å². The molecule has 0 bridgehead atoms. The highest BCUT2D eigenvalue weighted by Crippen LogP contribution is 2.76. The van der Waals surface area contributed by atoms with Crippen molar-refractivity contribution in [1.29, 1.82) is 0 Å². The van der Waals surface area contributed by atoms with E-state index in [9.17, 15) is 4.79 Å². The number of fused-ring (bicyclic) bond motifs is 4. The van der Waals surface area contributed by atoms with Gasteiger partial charge in [0, 0.05) is 12.1 Å². The summed E-state index contributed by atoms with van der Waals surface area (Å²) in [6.07, 6.45) is 2.20. The SMILES string of the molecule is O=C(N1CCOC2c3ccccc3OCC21)C12CC1C2. The summed E-state index contributed by atoms with van der Waals surface area (Å²) in [5.74, 6) is 1.94. The molecule has 104 valence electrons. The predicted octanol–water partition coefficient (Wildman–Crippen LogP) is 1.76. The number of ether oxygens (including phenoxy) is 2. The number of carbonyl (C=O) groups is 1. The molecule has 2 aliphatic carbocycles. The highest BCUT2D eigenvalue weighted by molar-refractivity contribution is 5.90. The summed E-state index contributed by atoms with van der Waals surface area (Å²) < 4.78 is 11.8. The van der Waals surface area contributed by atoms with Crippen molar-refractivity contribution in [3.05, 3.63) is 29.8 Å². The monoisotopic (exact) mass is 271 g/mol. The lowest BCUT2D eigenvalue weighted by Crippen LogP contribution is -2.55. The number of morpholine rings is 1. The van der Waals surface area contributed by atoms with Crippen LogP contribution in [0.5, 0.6) is 5.75 Å². The van der Waals surface area contributed by atoms with Crippen LogP contribution in [0.2, 0.25) is 0 Å². The molecule has 2 saturated carbocycles. The minimum atomic E-state index is -0.0231. The molecule has 4 heteroatoms. The van der Waals surface area contributed by atoms with Gasteiger partial charge >= 0.3 is 0 Å². The van der Waals surface area contributed by atoms with Crippen molar-refractivity contribution < 1.29 is 14.3 Å². The Bertz CT molecular complexity index is 593. The first kappa shape index (κ1) is 11.1. The Kier molecular flexibility index (Phi) is 1.98. The fourth-order valence-corrected chi connectivity index (χ4v) is 3.80. The molecule has 4 aliphatic rings. The molecule has 3 fully saturated rings. The molecule has 20 heavy (non-hydrogen) atoms. The highest BCUT2D eigenvalue weighted by atomic mass is 16.5. The van der Waals surface area contributed by atoms with Crippen LogP contribution in [0.4, 0.5) is 0 Å². The van der Waals surface area contributed by atoms with Gasteiger partial charge in [0.15, 0.2) is 0 Å². The summed E-state index contributed by atoms with van der Waals surface area (Å²) >= 11 is 0. The summed E-state index contributed by atoms with van der Waals surface area (Å²) in [5, 5.41) is 0. The molecule has 0 aromatic heterocycles. The van der Waals surface area contributed by atoms with Crippen LogP contribution in [0.15, 0.2) is 24.3 Å². The van der Waals surface area contributed by atoms with Crippen molar-refractivity contribution in [2.75, 3.05) is 19.8 Å². The summed E-state index contributed by atoms with van der Waals surface area (Å²) in [5.41, 5.74) is 1.13. The van der Waals surface area contributed by atoms with Gasteiger partial charge in [-0.1, -0.05) is 18.2 Å². The van der Waals surface area contributed by atoms with E-state index in [1.54, 1.807) is 0 Å². The lowest BCUT2D eigenvalue weighted by atomic mass is 9.95. The molecule has 2 atom stereocenters. The van der Waals surface area contributed by atoms with Crippen molar-refractivity contribution in [2.45, 2.75) is 25.0 Å². The molecule has 1 saturated heterocycles. The Morgan fingerprint density at radius 1 is 1.30 bits per heavy atom. The quantitative estimate of drug-likeness (QED) is 0.781. The van der Waals surface area contributed by atoms with Gasteiger partial charge in [0.25, 0.3) is 0 Å². The molecule has 2 unspecified atom stereocenters. The van der Waals surface area contributed by atoms with Gasteiger partial charge in [0.2, 0.25) is 5.91 Å². The Hall–Kier alpha value is -1.55. The Morgan fingerprint density at radius 2 is 2.10 bits per heavy atom. The van der Waals surface area contributed by atoms with Crippen LogP contribution in [0.1, 0.15) is 24.5 Å². The molecule has 0 spiro atoms. The Morgan fingerprint density at radius 3 is 2.90 bits per heavy atom. The van der Waals surface area contributed by atoms with Crippen LogP contribution < -0.4 is 4.74 Å². The third-order valence-corrected chi connectivity index (χ3v) is 5.38. The zero-order valence-corrected chi connectivity index (χ0v) is 11.2. The zero-order valence-electron chi connectivity index (χ0n) is 11.2. The average molecular weight is 271 g/mol. The highest BCUT2D eigenvalue weighted by Gasteiger charge is 2.75. The number of nitrogens with zero attached hydrogens (tertiary/aromatic N) is 1. The summed E-state index contributed by atoms with van der Waals surface area (Å²) in [6.45, 7) is 1.89. The van der Waals surface area contributed by atoms with Crippen LogP contribution in [0.3, 0.4) is 0 Å². The van der Waals surface area contributed by atoms with Crippen molar-refractivity contribution in [2.24, 2.45) is 11.3 Å². The van der Waals surface area contributed by atoms with Crippen molar-refractivity contribution in [1.82, 2.24) is 4.90 Å². The lowest BCUT2D eigenvalue weighted by molar-refractivity contribution is -0.154. The minimum Gasteiger partial charge on any atom is -0.491 e. The van der Waals surface area contributed by atoms with Gasteiger partial charge in [-0.3, -0.25) is 4.79 Å². The first-order chi connectivity index (χ1) is 9.79. The second kappa shape index (κ2) is 3.55. The van der Waals surface area contributed by atoms with Crippen molar-refractivity contribution in [3.8, 4) is 5.75 Å². The largest absolute Gasteiger partial charge is 0.491 e. The summed E-state index contributed by atoms with van der Waals surface area (Å²) in [4.78, 5) is 14.7. The van der Waals surface area contributed by atoms with E-state index in [-0.39, 0.29) is 17.6 Å². The molecule has 1 aromatic carbocycles. The first-order valence-electron chi connectivity index (χ1n) is 7.44. The molecule has 4 nitrogen and oxygen atoms in total. The molecule has 2 heterocycles. The van der Waals surface area contributed by atoms with E-state index in [1.807, 2.05) is 23.1 Å². The third-order valence-electron chi connectivity index (χ3n) is 5.38. The number of rotatable bonds is 1. The second-order valence-electron chi connectivity index (χ2n) is 6.47. The molecule has 2 aliphatic heterocycles. The maximum Gasteiger partial charge on any atom is 0.229 e. The van der Waals surface area contributed by atoms with Gasteiger partial charge < -0.3 is 14.4 Å². The lowest BCUT2D eigenvalue weighted by Gasteiger charge is -2.44. The maximum atomic E-state index is 12.7. The minimum absolute atomic E-state index is 0.0231. The van der Waals surface area contributed by atoms with Crippen LogP contribution in [0, 0.1) is 11.3 Å². The second-order valence-corrected chi connectivity index (χ2v) is 6.47. The Labute approximate surface area is 117 Å². The Balaban J connectivity index is 1.48. The topological polar surface area (TPSA) is 38.8 Å². The third kappa shape index (κ3) is 1.32. The molecule has 1 amide bonds. The average Bonchev–Trinajstić information content (AvgIpc) is 3.35. The van der Waals surface area contributed by atoms with Crippen LogP contribution >= 0.6 is 0 Å². The van der Waals surface area contributed by atoms with E-state index in [1.165, 1.54) is 0 Å². The number of benzene rings is 1. The van der Waals surface area contributed by atoms with E-state index in [0.29, 0.717) is 31.6 Å². The van der Waals surface area contributed by atoms with E-state index in [4.69, 9.17) is 9.47 Å². The predicted molar refractivity (Wildman–Crippen MR) is 71.3 cm³/mol. The molecule has 0 radical (unpaired) electrons. The van der Waals surface area contributed by atoms with Gasteiger partial charge in [0.1, 0.15) is 18.5 Å². The van der Waals surface area contributed by atoms with Gasteiger partial charge in [0.05, 0.1) is 18.1 Å². The smallest absolute Gasteiger partial charge is 0.229 e. The van der Waals surface area contributed by atoms with Crippen LogP contribution in [-0.4, -0.2) is 36.6 Å². The number of para-hydroxylation sites is 1. The number of hydrogen-bond donors (Lipinski definition) is 0. The van der Waals surface area contributed by atoms with Crippen molar-refractivity contribution in [3.63, 3.8) is 0 Å². The van der Waals surface area contributed by atoms with Crippen LogP contribution in [-0.2, 0) is 9.53 Å². The molecule has 5 rings (SSSR count). The summed E-state index contributed by atoms with van der Waals surface area (Å²) in [6, 6.07) is 8.05. The fraction of sp³-hybridized carbons (Fsp3) is 0.562. The van der Waals surface area contributed by atoms with E-state index >= 15 is 0 Å². The van der Waals surface area contributed by atoms with Crippen LogP contribution in [0.25, 0.3) is 0 Å². The zero-order chi connectivity index (χ0) is 13.3. The van der Waals surface area contributed by atoms with E-state index in [2.05, 4.69) is 6.07 Å². The number of amides is 1. The molecule has 1 aromatic rings.